The Balaban J connectivity index is 1.82. The maximum absolute atomic E-state index is 6.29. The highest BCUT2D eigenvalue weighted by molar-refractivity contribution is 7.80. The van der Waals surface area contributed by atoms with Crippen LogP contribution in [-0.2, 0) is 0 Å². The molecule has 6 nitrogen and oxygen atoms in total. The van der Waals surface area contributed by atoms with Crippen LogP contribution in [0.3, 0.4) is 0 Å². The first-order valence-corrected chi connectivity index (χ1v) is 11.2. The Morgan fingerprint density at radius 2 is 2.00 bits per heavy atom. The number of hydrogen-bond acceptors (Lipinski definition) is 5. The highest BCUT2D eigenvalue weighted by Crippen LogP contribution is 2.38. The molecule has 1 atom stereocenters. The molecule has 32 heavy (non-hydrogen) atoms. The molecule has 8 heteroatoms. The smallest absolute Gasteiger partial charge is 0.258 e. The van der Waals surface area contributed by atoms with Crippen LogP contribution < -0.4 is 10.1 Å². The van der Waals surface area contributed by atoms with Crippen molar-refractivity contribution in [1.82, 2.24) is 20.4 Å². The summed E-state index contributed by atoms with van der Waals surface area (Å²) in [5.41, 5.74) is 3.64. The van der Waals surface area contributed by atoms with E-state index in [-0.39, 0.29) is 6.04 Å². The highest BCUT2D eigenvalue weighted by Gasteiger charge is 2.34. The predicted molar refractivity (Wildman–Crippen MR) is 130 cm³/mol. The molecule has 0 amide bonds. The fraction of sp³-hybridized carbons (Fsp3) is 0.292. The molecule has 0 radical (unpaired) electrons. The number of thiocarbonyl (C=S) groups is 1. The topological polar surface area (TPSA) is 63.4 Å². The van der Waals surface area contributed by atoms with Crippen LogP contribution in [0.1, 0.15) is 38.3 Å². The molecule has 0 aliphatic carbocycles. The normalized spacial score (nSPS) is 16.5. The van der Waals surface area contributed by atoms with Gasteiger partial charge in [0.15, 0.2) is 5.11 Å². The maximum atomic E-state index is 6.29. The number of ether oxygens (including phenoxy) is 1. The zero-order chi connectivity index (χ0) is 22.8. The minimum Gasteiger partial charge on any atom is -0.497 e. The van der Waals surface area contributed by atoms with Crippen molar-refractivity contribution < 1.29 is 9.26 Å². The molecular weight excluding hydrogens is 444 g/mol. The van der Waals surface area contributed by atoms with Crippen LogP contribution in [-0.4, -0.2) is 33.8 Å². The third kappa shape index (κ3) is 4.49. The molecule has 0 fully saturated rings. The van der Waals surface area contributed by atoms with Gasteiger partial charge in [0.1, 0.15) is 5.75 Å². The summed E-state index contributed by atoms with van der Waals surface area (Å²) in [7, 11) is 1.63. The van der Waals surface area contributed by atoms with Crippen LogP contribution in [0.2, 0.25) is 5.02 Å². The van der Waals surface area contributed by atoms with Gasteiger partial charge in [0.05, 0.1) is 18.7 Å². The first-order chi connectivity index (χ1) is 15.4. The quantitative estimate of drug-likeness (QED) is 0.464. The lowest BCUT2D eigenvalue weighted by molar-refractivity contribution is 0.386. The van der Waals surface area contributed by atoms with Crippen molar-refractivity contribution in [3.05, 3.63) is 70.7 Å². The molecule has 0 saturated heterocycles. The van der Waals surface area contributed by atoms with Crippen molar-refractivity contribution in [3.63, 3.8) is 0 Å². The highest BCUT2D eigenvalue weighted by atomic mass is 35.5. The van der Waals surface area contributed by atoms with Crippen LogP contribution in [0, 0.1) is 5.92 Å². The van der Waals surface area contributed by atoms with Crippen LogP contribution in [0.5, 0.6) is 5.75 Å². The van der Waals surface area contributed by atoms with E-state index in [2.05, 4.69) is 29.2 Å². The molecule has 2 heterocycles. The van der Waals surface area contributed by atoms with E-state index >= 15 is 0 Å². The predicted octanol–water partition coefficient (Wildman–Crippen LogP) is 5.72. The summed E-state index contributed by atoms with van der Waals surface area (Å²) >= 11 is 12.0. The number of nitrogens with zero attached hydrogens (tertiary/aromatic N) is 3. The van der Waals surface area contributed by atoms with Gasteiger partial charge in [-0.3, -0.25) is 0 Å². The van der Waals surface area contributed by atoms with Gasteiger partial charge in [-0.1, -0.05) is 54.9 Å². The summed E-state index contributed by atoms with van der Waals surface area (Å²) < 4.78 is 11.1. The maximum Gasteiger partial charge on any atom is 0.258 e. The zero-order valence-corrected chi connectivity index (χ0v) is 20.0. The summed E-state index contributed by atoms with van der Waals surface area (Å²) in [5.74, 6) is 2.08. The molecule has 166 valence electrons. The summed E-state index contributed by atoms with van der Waals surface area (Å²) in [5, 5.41) is 9.01. The van der Waals surface area contributed by atoms with Gasteiger partial charge in [-0.15, -0.1) is 0 Å². The zero-order valence-electron chi connectivity index (χ0n) is 18.4. The lowest BCUT2D eigenvalue weighted by Crippen LogP contribution is -2.47. The molecule has 1 aliphatic rings. The van der Waals surface area contributed by atoms with Crippen molar-refractivity contribution in [2.45, 2.75) is 26.8 Å². The Bertz CT molecular complexity index is 1170. The number of rotatable bonds is 6. The van der Waals surface area contributed by atoms with E-state index in [4.69, 9.17) is 38.1 Å². The number of allylic oxidation sites excluding steroid dienone is 1. The fourth-order valence-corrected chi connectivity index (χ4v) is 4.32. The Morgan fingerprint density at radius 3 is 2.72 bits per heavy atom. The van der Waals surface area contributed by atoms with E-state index in [1.54, 1.807) is 7.11 Å². The monoisotopic (exact) mass is 468 g/mol. The first-order valence-electron chi connectivity index (χ1n) is 10.4. The molecule has 0 saturated carbocycles. The van der Waals surface area contributed by atoms with Crippen LogP contribution >= 0.6 is 23.8 Å². The third-order valence-electron chi connectivity index (χ3n) is 5.31. The second-order valence-corrected chi connectivity index (χ2v) is 8.92. The van der Waals surface area contributed by atoms with E-state index in [1.165, 1.54) is 0 Å². The van der Waals surface area contributed by atoms with Gasteiger partial charge in [0.2, 0.25) is 5.82 Å². The summed E-state index contributed by atoms with van der Waals surface area (Å²) in [6.07, 6.45) is 0. The van der Waals surface area contributed by atoms with Crippen molar-refractivity contribution in [2.24, 2.45) is 5.92 Å². The van der Waals surface area contributed by atoms with Gasteiger partial charge < -0.3 is 19.5 Å². The minimum atomic E-state index is -0.261. The molecule has 1 unspecified atom stereocenters. The van der Waals surface area contributed by atoms with E-state index < -0.39 is 0 Å². The van der Waals surface area contributed by atoms with Crippen molar-refractivity contribution in [2.75, 3.05) is 13.7 Å². The molecule has 4 rings (SSSR count). The summed E-state index contributed by atoms with van der Waals surface area (Å²) in [6, 6.07) is 15.0. The number of hydrogen-bond donors (Lipinski definition) is 1. The van der Waals surface area contributed by atoms with Crippen molar-refractivity contribution in [1.29, 1.82) is 0 Å². The Kier molecular flexibility index (Phi) is 6.48. The number of aromatic nitrogens is 2. The molecular formula is C24H25ClN4O2S. The van der Waals surface area contributed by atoms with Crippen molar-refractivity contribution in [3.8, 4) is 17.1 Å². The Labute approximate surface area is 198 Å². The van der Waals surface area contributed by atoms with Gasteiger partial charge in [-0.2, -0.15) is 4.98 Å². The van der Waals surface area contributed by atoms with Crippen molar-refractivity contribution >= 4 is 34.5 Å². The van der Waals surface area contributed by atoms with Gasteiger partial charge >= 0.3 is 0 Å². The van der Waals surface area contributed by atoms with Crippen LogP contribution in [0.25, 0.3) is 17.0 Å². The van der Waals surface area contributed by atoms with Gasteiger partial charge in [-0.05, 0) is 54.9 Å². The van der Waals surface area contributed by atoms with Gasteiger partial charge in [0.25, 0.3) is 5.89 Å². The van der Waals surface area contributed by atoms with E-state index in [0.717, 1.165) is 34.7 Å². The first kappa shape index (κ1) is 22.3. The van der Waals surface area contributed by atoms with E-state index in [0.29, 0.717) is 27.8 Å². The van der Waals surface area contributed by atoms with E-state index in [9.17, 15) is 0 Å². The molecule has 0 bridgehead atoms. The standard InChI is InChI=1S/C24H25ClN4O2S/c1-14(2)13-29-15(3)20(21(26-24(29)32)16-7-5-9-18(25)11-16)23-27-22(28-31-23)17-8-6-10-19(12-17)30-4/h5-12,14,21H,13H2,1-4H3,(H,26,32). The van der Waals surface area contributed by atoms with E-state index in [1.807, 2.05) is 55.5 Å². The molecule has 0 spiro atoms. The lowest BCUT2D eigenvalue weighted by Gasteiger charge is -2.38. The van der Waals surface area contributed by atoms with Crippen LogP contribution in [0.15, 0.2) is 58.8 Å². The molecule has 1 aliphatic heterocycles. The summed E-state index contributed by atoms with van der Waals surface area (Å²) in [4.78, 5) is 6.82. The average Bonchev–Trinajstić information content (AvgIpc) is 3.26. The third-order valence-corrected chi connectivity index (χ3v) is 5.88. The number of halogens is 1. The summed E-state index contributed by atoms with van der Waals surface area (Å²) in [6.45, 7) is 7.14. The number of benzene rings is 2. The van der Waals surface area contributed by atoms with Crippen LogP contribution in [0.4, 0.5) is 0 Å². The second-order valence-electron chi connectivity index (χ2n) is 8.10. The molecule has 1 N–H and O–H groups in total. The molecule has 2 aromatic carbocycles. The largest absolute Gasteiger partial charge is 0.497 e. The second kappa shape index (κ2) is 9.30. The SMILES string of the molecule is COc1cccc(-c2noc(C3=C(C)N(CC(C)C)C(=S)NC3c3cccc(Cl)c3)n2)c1. The Morgan fingerprint density at radius 1 is 1.22 bits per heavy atom. The van der Waals surface area contributed by atoms with Gasteiger partial charge in [-0.25, -0.2) is 0 Å². The fourth-order valence-electron chi connectivity index (χ4n) is 3.79. The molecule has 1 aromatic heterocycles. The average molecular weight is 469 g/mol. The lowest BCUT2D eigenvalue weighted by atomic mass is 9.94. The molecule has 3 aromatic rings. The van der Waals surface area contributed by atoms with Gasteiger partial charge in [0, 0.05) is 22.8 Å². The number of methoxy groups -OCH3 is 1. The Hall–Kier alpha value is -2.90. The minimum absolute atomic E-state index is 0.261. The number of nitrogens with one attached hydrogen (secondary N) is 1.